The predicted molar refractivity (Wildman–Crippen MR) is 131 cm³/mol. The zero-order chi connectivity index (χ0) is 26.0. The molecule has 1 aliphatic rings. The maximum atomic E-state index is 13.8. The van der Waals surface area contributed by atoms with E-state index < -0.39 is 27.7 Å². The van der Waals surface area contributed by atoms with E-state index >= 15 is 0 Å². The molecule has 0 N–H and O–H groups in total. The zero-order valence-electron chi connectivity index (χ0n) is 20.6. The number of fused-ring (bicyclic) bond motifs is 1. The Kier molecular flexibility index (Phi) is 7.56. The number of hydrogen-bond acceptors (Lipinski definition) is 7. The Morgan fingerprint density at radius 1 is 1.20 bits per heavy atom. The maximum Gasteiger partial charge on any atom is 0.310 e. The Morgan fingerprint density at radius 2 is 1.91 bits per heavy atom. The number of nitrogens with zero attached hydrogens (tertiary/aromatic N) is 2. The van der Waals surface area contributed by atoms with Crippen LogP contribution in [-0.4, -0.2) is 38.4 Å². The van der Waals surface area contributed by atoms with Gasteiger partial charge in [0.15, 0.2) is 0 Å². The minimum atomic E-state index is -4.08. The van der Waals surface area contributed by atoms with Crippen LogP contribution in [0, 0.1) is 18.3 Å². The Bertz CT molecular complexity index is 1290. The van der Waals surface area contributed by atoms with Crippen LogP contribution in [0.15, 0.2) is 41.3 Å². The third-order valence-electron chi connectivity index (χ3n) is 5.43. The summed E-state index contributed by atoms with van der Waals surface area (Å²) >= 11 is 0. The SMILES string of the molecule is CC(=O)CC[C@H]1CN(S(=O)(=O)c2cc(C#N)ccc2C)c2cc(CC(=O)OC(C)(C)C)ccc2O1. The third kappa shape index (κ3) is 6.40. The van der Waals surface area contributed by atoms with Crippen molar-refractivity contribution in [2.24, 2.45) is 0 Å². The molecule has 0 spiro atoms. The van der Waals surface area contributed by atoms with Gasteiger partial charge < -0.3 is 14.3 Å². The largest absolute Gasteiger partial charge is 0.486 e. The van der Waals surface area contributed by atoms with Crippen molar-refractivity contribution in [2.45, 2.75) is 70.5 Å². The summed E-state index contributed by atoms with van der Waals surface area (Å²) in [5, 5.41) is 9.30. The fourth-order valence-electron chi connectivity index (χ4n) is 3.82. The highest BCUT2D eigenvalue weighted by atomic mass is 32.2. The van der Waals surface area contributed by atoms with Gasteiger partial charge in [-0.15, -0.1) is 0 Å². The summed E-state index contributed by atoms with van der Waals surface area (Å²) in [6, 6.07) is 11.4. The molecule has 9 heteroatoms. The number of nitriles is 1. The summed E-state index contributed by atoms with van der Waals surface area (Å²) in [4.78, 5) is 23.9. The highest BCUT2D eigenvalue weighted by Crippen LogP contribution is 2.39. The summed E-state index contributed by atoms with van der Waals surface area (Å²) < 4.78 is 40.4. The zero-order valence-corrected chi connectivity index (χ0v) is 21.4. The topological polar surface area (TPSA) is 114 Å². The second-order valence-electron chi connectivity index (χ2n) is 9.67. The Balaban J connectivity index is 2.05. The average molecular weight is 499 g/mol. The summed E-state index contributed by atoms with van der Waals surface area (Å²) in [6.07, 6.45) is 0.0535. The minimum absolute atomic E-state index is 0.00523. The predicted octanol–water partition coefficient (Wildman–Crippen LogP) is 4.08. The smallest absolute Gasteiger partial charge is 0.310 e. The highest BCUT2D eigenvalue weighted by molar-refractivity contribution is 7.92. The van der Waals surface area contributed by atoms with E-state index in [1.807, 2.05) is 6.07 Å². The van der Waals surface area contributed by atoms with Gasteiger partial charge in [0.05, 0.1) is 35.2 Å². The number of carbonyl (C=O) groups is 2. The first-order valence-electron chi connectivity index (χ1n) is 11.3. The molecule has 0 unspecified atom stereocenters. The Morgan fingerprint density at radius 3 is 2.54 bits per heavy atom. The molecule has 2 aromatic carbocycles. The number of ketones is 1. The number of sulfonamides is 1. The highest BCUT2D eigenvalue weighted by Gasteiger charge is 2.36. The fourth-order valence-corrected chi connectivity index (χ4v) is 5.57. The van der Waals surface area contributed by atoms with Gasteiger partial charge in [-0.25, -0.2) is 8.42 Å². The quantitative estimate of drug-likeness (QED) is 0.529. The number of rotatable bonds is 7. The van der Waals surface area contributed by atoms with Crippen LogP contribution in [0.25, 0.3) is 0 Å². The van der Waals surface area contributed by atoms with Crippen LogP contribution >= 0.6 is 0 Å². The normalized spacial score (nSPS) is 15.5. The molecule has 0 saturated heterocycles. The lowest BCUT2D eigenvalue weighted by Crippen LogP contribution is -2.44. The van der Waals surface area contributed by atoms with Gasteiger partial charge >= 0.3 is 5.97 Å². The van der Waals surface area contributed by atoms with Crippen molar-refractivity contribution < 1.29 is 27.5 Å². The summed E-state index contributed by atoms with van der Waals surface area (Å²) in [7, 11) is -4.08. The molecule has 0 saturated carbocycles. The van der Waals surface area contributed by atoms with Crippen LogP contribution in [0.1, 0.15) is 57.2 Å². The van der Waals surface area contributed by atoms with Gasteiger partial charge in [0.25, 0.3) is 10.0 Å². The molecule has 35 heavy (non-hydrogen) atoms. The van der Waals surface area contributed by atoms with Crippen LogP contribution in [0.4, 0.5) is 5.69 Å². The van der Waals surface area contributed by atoms with Crippen LogP contribution in [0.2, 0.25) is 0 Å². The molecule has 1 heterocycles. The number of esters is 1. The lowest BCUT2D eigenvalue weighted by atomic mass is 10.1. The molecule has 8 nitrogen and oxygen atoms in total. The van der Waals surface area contributed by atoms with Gasteiger partial charge in [-0.1, -0.05) is 12.1 Å². The number of Topliss-reactive ketones (excluding diaryl/α,β-unsaturated/α-hetero) is 1. The minimum Gasteiger partial charge on any atom is -0.486 e. The first-order valence-corrected chi connectivity index (χ1v) is 12.8. The monoisotopic (exact) mass is 498 g/mol. The van der Waals surface area contributed by atoms with Crippen molar-refractivity contribution in [3.05, 3.63) is 53.1 Å². The van der Waals surface area contributed by atoms with E-state index in [0.717, 1.165) is 0 Å². The van der Waals surface area contributed by atoms with Crippen LogP contribution < -0.4 is 9.04 Å². The molecule has 0 fully saturated rings. The van der Waals surface area contributed by atoms with E-state index in [1.165, 1.54) is 17.3 Å². The maximum absolute atomic E-state index is 13.8. The molecule has 0 amide bonds. The van der Waals surface area contributed by atoms with Gasteiger partial charge in [-0.2, -0.15) is 5.26 Å². The summed E-state index contributed by atoms with van der Waals surface area (Å²) in [5.74, 6) is -0.102. The lowest BCUT2D eigenvalue weighted by molar-refractivity contribution is -0.153. The lowest BCUT2D eigenvalue weighted by Gasteiger charge is -2.36. The molecule has 1 aliphatic heterocycles. The van der Waals surface area contributed by atoms with Crippen LogP contribution in [0.3, 0.4) is 0 Å². The number of aryl methyl sites for hydroxylation is 1. The number of carbonyl (C=O) groups excluding carboxylic acids is 2. The second-order valence-corrected chi connectivity index (χ2v) is 11.5. The number of anilines is 1. The van der Waals surface area contributed by atoms with Crippen molar-refractivity contribution in [2.75, 3.05) is 10.8 Å². The van der Waals surface area contributed by atoms with E-state index in [4.69, 9.17) is 9.47 Å². The van der Waals surface area contributed by atoms with Crippen molar-refractivity contribution in [1.82, 2.24) is 0 Å². The molecular weight excluding hydrogens is 468 g/mol. The first-order chi connectivity index (χ1) is 16.3. The van der Waals surface area contributed by atoms with Crippen LogP contribution in [0.5, 0.6) is 5.75 Å². The van der Waals surface area contributed by atoms with Gasteiger partial charge in [-0.05, 0) is 76.4 Å². The van der Waals surface area contributed by atoms with Crippen molar-refractivity contribution in [3.8, 4) is 11.8 Å². The molecule has 2 aromatic rings. The molecule has 0 radical (unpaired) electrons. The molecule has 3 rings (SSSR count). The van der Waals surface area contributed by atoms with Gasteiger partial charge in [0, 0.05) is 6.42 Å². The standard InChI is InChI=1S/C26H30N2O6S/c1-17-6-8-20(15-27)13-24(17)35(31,32)28-16-21(10-7-18(2)29)33-23-11-9-19(12-22(23)28)14-25(30)34-26(3,4)5/h6,8-9,11-13,21H,7,10,14,16H2,1-5H3/t21-/m0/s1. The summed E-state index contributed by atoms with van der Waals surface area (Å²) in [6.45, 7) is 8.47. The Labute approximate surface area is 206 Å². The first kappa shape index (κ1) is 26.2. The van der Waals surface area contributed by atoms with E-state index in [0.29, 0.717) is 29.0 Å². The third-order valence-corrected chi connectivity index (χ3v) is 7.35. The number of hydrogen-bond donors (Lipinski definition) is 0. The van der Waals surface area contributed by atoms with Crippen LogP contribution in [-0.2, 0) is 30.8 Å². The molecule has 186 valence electrons. The number of ether oxygens (including phenoxy) is 2. The van der Waals surface area contributed by atoms with Gasteiger partial charge in [0.2, 0.25) is 0 Å². The van der Waals surface area contributed by atoms with Gasteiger partial charge in [0.1, 0.15) is 23.2 Å². The van der Waals surface area contributed by atoms with E-state index in [9.17, 15) is 23.3 Å². The fraction of sp³-hybridized carbons (Fsp3) is 0.423. The van der Waals surface area contributed by atoms with Gasteiger partial charge in [-0.3, -0.25) is 9.10 Å². The molecule has 0 aliphatic carbocycles. The van der Waals surface area contributed by atoms with E-state index in [-0.39, 0.29) is 35.6 Å². The Hall–Kier alpha value is -3.38. The van der Waals surface area contributed by atoms with Crippen molar-refractivity contribution in [3.63, 3.8) is 0 Å². The van der Waals surface area contributed by atoms with Crippen molar-refractivity contribution >= 4 is 27.5 Å². The average Bonchev–Trinajstić information content (AvgIpc) is 2.76. The molecular formula is C26H30N2O6S. The van der Waals surface area contributed by atoms with E-state index in [2.05, 4.69) is 0 Å². The number of benzene rings is 2. The van der Waals surface area contributed by atoms with E-state index in [1.54, 1.807) is 58.0 Å². The molecule has 1 atom stereocenters. The molecule has 0 aromatic heterocycles. The van der Waals surface area contributed by atoms with Crippen molar-refractivity contribution in [1.29, 1.82) is 5.26 Å². The molecule has 0 bridgehead atoms. The second kappa shape index (κ2) is 10.1. The summed E-state index contributed by atoms with van der Waals surface area (Å²) in [5.41, 5.74) is 0.965.